The van der Waals surface area contributed by atoms with Gasteiger partial charge in [0.25, 0.3) is 0 Å². The summed E-state index contributed by atoms with van der Waals surface area (Å²) in [6, 6.07) is 56.5. The van der Waals surface area contributed by atoms with Gasteiger partial charge in [-0.2, -0.15) is 0 Å². The van der Waals surface area contributed by atoms with Gasteiger partial charge in [0.2, 0.25) is 0 Å². The maximum absolute atomic E-state index is 6.91. The van der Waals surface area contributed by atoms with Crippen LogP contribution in [0.15, 0.2) is 162 Å². The molecule has 3 aromatic heterocycles. The highest BCUT2D eigenvalue weighted by atomic mass is 16.3. The molecule has 4 nitrogen and oxygen atoms in total. The molecule has 1 unspecified atom stereocenters. The maximum Gasteiger partial charge on any atom is 0.160 e. The Morgan fingerprint density at radius 2 is 1.14 bits per heavy atom. The van der Waals surface area contributed by atoms with Crippen molar-refractivity contribution in [3.05, 3.63) is 174 Å². The van der Waals surface area contributed by atoms with E-state index >= 15 is 0 Å². The summed E-state index contributed by atoms with van der Waals surface area (Å²) in [5.41, 5.74) is 24.7. The van der Waals surface area contributed by atoms with Crippen LogP contribution in [0.1, 0.15) is 22.6 Å². The van der Waals surface area contributed by atoms with E-state index in [-0.39, 0.29) is 5.92 Å². The van der Waals surface area contributed by atoms with Crippen molar-refractivity contribution in [2.75, 3.05) is 0 Å². The van der Waals surface area contributed by atoms with E-state index in [2.05, 4.69) is 185 Å². The Morgan fingerprint density at radius 1 is 0.476 bits per heavy atom. The van der Waals surface area contributed by atoms with Gasteiger partial charge in [0.05, 0.1) is 28.0 Å². The lowest BCUT2D eigenvalue weighted by Crippen LogP contribution is -2.29. The second-order valence-corrected chi connectivity index (χ2v) is 17.6. The van der Waals surface area contributed by atoms with Crippen LogP contribution in [-0.4, -0.2) is 61.6 Å². The van der Waals surface area contributed by atoms with E-state index in [0.29, 0.717) is 5.82 Å². The first-order chi connectivity index (χ1) is 30.7. The van der Waals surface area contributed by atoms with Gasteiger partial charge in [0.15, 0.2) is 5.82 Å². The van der Waals surface area contributed by atoms with Crippen LogP contribution in [0.5, 0.6) is 0 Å². The molecule has 12 rings (SSSR count). The van der Waals surface area contributed by atoms with Gasteiger partial charge in [-0.25, -0.2) is 9.97 Å². The Morgan fingerprint density at radius 3 is 1.89 bits per heavy atom. The van der Waals surface area contributed by atoms with E-state index in [1.807, 2.05) is 24.3 Å². The van der Waals surface area contributed by atoms with Gasteiger partial charge in [-0.05, 0) is 58.1 Å². The van der Waals surface area contributed by atoms with Crippen LogP contribution in [0.3, 0.4) is 0 Å². The highest BCUT2D eigenvalue weighted by Gasteiger charge is 2.37. The molecule has 1 atom stereocenters. The Kier molecular flexibility index (Phi) is 8.46. The number of nitrogens with zero attached hydrogens (tertiary/aromatic N) is 3. The SMILES string of the molecule is Bc1cc(B)c2c(c1)-c1c(B)c(B)c3c4cc(B)cc(B)c4n(-c4cccc5oc6cc(-c7cc(-c8ccccc8)nc(-c8ccccc8)n7)ccc6c45)c3c1C2c1ccccc1. The molecule has 1 aliphatic rings. The molecule has 0 aliphatic heterocycles. The van der Waals surface area contributed by atoms with Gasteiger partial charge in [-0.15, -0.1) is 0 Å². The van der Waals surface area contributed by atoms with E-state index in [4.69, 9.17) is 14.4 Å². The normalized spacial score (nSPS) is 13.3. The number of aromatic nitrogens is 3. The second kappa shape index (κ2) is 14.2. The molecule has 290 valence electrons. The van der Waals surface area contributed by atoms with Crippen molar-refractivity contribution in [2.45, 2.75) is 5.92 Å². The molecular formula is C53H39B6N3O. The van der Waals surface area contributed by atoms with Gasteiger partial charge in [-0.1, -0.05) is 160 Å². The fraction of sp³-hybridized carbons (Fsp3) is 0.0189. The molecule has 0 N–H and O–H groups in total. The molecule has 0 saturated heterocycles. The van der Waals surface area contributed by atoms with E-state index in [9.17, 15) is 0 Å². The summed E-state index contributed by atoms with van der Waals surface area (Å²) in [5, 5.41) is 4.79. The molecule has 0 bridgehead atoms. The summed E-state index contributed by atoms with van der Waals surface area (Å²) in [4.78, 5) is 10.2. The van der Waals surface area contributed by atoms with Crippen molar-refractivity contribution >= 4 is 124 Å². The smallest absolute Gasteiger partial charge is 0.160 e. The summed E-state index contributed by atoms with van der Waals surface area (Å²) < 4.78 is 9.51. The lowest BCUT2D eigenvalue weighted by molar-refractivity contribution is 0.669. The van der Waals surface area contributed by atoms with Crippen LogP contribution in [-0.2, 0) is 0 Å². The Hall–Kier alpha value is -7.17. The number of rotatable bonds is 5. The fourth-order valence-electron chi connectivity index (χ4n) is 10.9. The Bertz CT molecular complexity index is 3640. The molecule has 1 aliphatic carbocycles. The number of furan rings is 1. The first-order valence-electron chi connectivity index (χ1n) is 21.9. The number of benzene rings is 8. The van der Waals surface area contributed by atoms with Crippen LogP contribution in [0.25, 0.3) is 94.5 Å². The number of fused-ring (bicyclic) bond motifs is 10. The van der Waals surface area contributed by atoms with Gasteiger partial charge >= 0.3 is 0 Å². The van der Waals surface area contributed by atoms with E-state index in [1.54, 1.807) is 0 Å². The topological polar surface area (TPSA) is 43.9 Å². The highest BCUT2D eigenvalue weighted by molar-refractivity contribution is 6.58. The van der Waals surface area contributed by atoms with E-state index in [1.165, 1.54) is 82.4 Å². The van der Waals surface area contributed by atoms with Gasteiger partial charge in [0.1, 0.15) is 58.2 Å². The minimum atomic E-state index is 0.0698. The standard InChI is InChI=1S/C53H39B6N3O/c54-31-22-34-44(36(56)24-31)43(28-13-6-2-7-14-28)48-46(34)49(58)50(59)47-35-23-32(55)25-37(57)51(35)62(52(47)48)40-17-10-18-41-45(40)33-20-19-30(21-42(33)63-41)39-26-38(27-11-4-1-5-12-27)60-53(61-39)29-15-8-3-9-16-29/h1-26,43H,54-59H2. The summed E-state index contributed by atoms with van der Waals surface area (Å²) >= 11 is 0. The molecule has 10 heteroatoms. The van der Waals surface area contributed by atoms with Gasteiger partial charge < -0.3 is 8.98 Å². The van der Waals surface area contributed by atoms with E-state index in [0.717, 1.165) is 55.7 Å². The fourth-order valence-corrected chi connectivity index (χ4v) is 10.9. The number of hydrogen-bond donors (Lipinski definition) is 0. The van der Waals surface area contributed by atoms with Gasteiger partial charge in [-0.3, -0.25) is 0 Å². The van der Waals surface area contributed by atoms with E-state index < -0.39 is 0 Å². The van der Waals surface area contributed by atoms with Crippen molar-refractivity contribution in [3.63, 3.8) is 0 Å². The van der Waals surface area contributed by atoms with Crippen molar-refractivity contribution in [1.82, 2.24) is 14.5 Å². The average Bonchev–Trinajstić information content (AvgIpc) is 3.97. The summed E-state index contributed by atoms with van der Waals surface area (Å²) in [7, 11) is 13.7. The molecular weight excluding hydrogens is 759 g/mol. The third-order valence-corrected chi connectivity index (χ3v) is 13.6. The minimum Gasteiger partial charge on any atom is -0.456 e. The van der Waals surface area contributed by atoms with Gasteiger partial charge in [0, 0.05) is 44.3 Å². The van der Waals surface area contributed by atoms with Crippen molar-refractivity contribution < 1.29 is 4.42 Å². The lowest BCUT2D eigenvalue weighted by atomic mass is 9.72. The quantitative estimate of drug-likeness (QED) is 0.252. The van der Waals surface area contributed by atoms with Crippen LogP contribution < -0.4 is 32.8 Å². The molecule has 0 radical (unpaired) electrons. The average molecular weight is 799 g/mol. The molecule has 0 fully saturated rings. The highest BCUT2D eigenvalue weighted by Crippen LogP contribution is 2.51. The van der Waals surface area contributed by atoms with Crippen LogP contribution in [0.4, 0.5) is 0 Å². The molecule has 0 saturated carbocycles. The molecule has 63 heavy (non-hydrogen) atoms. The first kappa shape index (κ1) is 37.6. The summed E-state index contributed by atoms with van der Waals surface area (Å²) in [5.74, 6) is 0.760. The lowest BCUT2D eigenvalue weighted by Gasteiger charge is -2.21. The monoisotopic (exact) mass is 799 g/mol. The van der Waals surface area contributed by atoms with Crippen LogP contribution in [0, 0.1) is 0 Å². The third kappa shape index (κ3) is 5.70. The Labute approximate surface area is 371 Å². The molecule has 0 spiro atoms. The molecule has 3 heterocycles. The van der Waals surface area contributed by atoms with Crippen molar-refractivity contribution in [1.29, 1.82) is 0 Å². The minimum absolute atomic E-state index is 0.0698. The van der Waals surface area contributed by atoms with Crippen LogP contribution >= 0.6 is 0 Å². The zero-order valence-electron chi connectivity index (χ0n) is 36.3. The molecule has 8 aromatic carbocycles. The second-order valence-electron chi connectivity index (χ2n) is 17.6. The maximum atomic E-state index is 6.91. The summed E-state index contributed by atoms with van der Waals surface area (Å²) in [6.45, 7) is 0. The Balaban J connectivity index is 1.15. The first-order valence-corrected chi connectivity index (χ1v) is 21.9. The van der Waals surface area contributed by atoms with Crippen molar-refractivity contribution in [3.8, 4) is 50.7 Å². The zero-order chi connectivity index (χ0) is 42.7. The predicted molar refractivity (Wildman–Crippen MR) is 282 cm³/mol. The largest absolute Gasteiger partial charge is 0.456 e. The summed E-state index contributed by atoms with van der Waals surface area (Å²) in [6.07, 6.45) is 0. The predicted octanol–water partition coefficient (Wildman–Crippen LogP) is 3.19. The van der Waals surface area contributed by atoms with Crippen molar-refractivity contribution in [2.24, 2.45) is 0 Å². The molecule has 0 amide bonds. The third-order valence-electron chi connectivity index (χ3n) is 13.6. The van der Waals surface area contributed by atoms with Crippen LogP contribution in [0.2, 0.25) is 0 Å². The molecule has 11 aromatic rings. The number of hydrogen-bond acceptors (Lipinski definition) is 3. The zero-order valence-corrected chi connectivity index (χ0v) is 36.3.